The zero-order valence-corrected chi connectivity index (χ0v) is 24.6. The number of aliphatic hydroxyl groups is 1. The lowest BCUT2D eigenvalue weighted by Crippen LogP contribution is -2.54. The lowest BCUT2D eigenvalue weighted by molar-refractivity contribution is -0.171. The van der Waals surface area contributed by atoms with Crippen molar-refractivity contribution in [2.24, 2.45) is 51.8 Å². The molecule has 0 aromatic heterocycles. The number of hydrogen-bond donors (Lipinski definition) is 2. The standard InChI is InChI=1S/C32H55NO4/c1-7-30(3,4)29(36)37-23-14-16-31(5)22(20-23)9-10-24-26-12-11-25(32(26,6)17-15-27(24)31)21(2)8-13-28(35)33-18-19-34/h21-27,34H,7-20H2,1-6H3,(H,33,35)/t21?,22?,23?,24?,25?,26?,27?,31-,32+/m0/s1. The van der Waals surface area contributed by atoms with Crippen molar-refractivity contribution in [1.82, 2.24) is 5.32 Å². The third-order valence-corrected chi connectivity index (χ3v) is 12.3. The van der Waals surface area contributed by atoms with Gasteiger partial charge in [-0.15, -0.1) is 0 Å². The summed E-state index contributed by atoms with van der Waals surface area (Å²) in [5.41, 5.74) is 0.414. The lowest BCUT2D eigenvalue weighted by Gasteiger charge is -2.61. The molecule has 4 saturated carbocycles. The Morgan fingerprint density at radius 3 is 2.43 bits per heavy atom. The van der Waals surface area contributed by atoms with Crippen LogP contribution < -0.4 is 5.32 Å². The summed E-state index contributed by atoms with van der Waals surface area (Å²) in [5.74, 6) is 4.50. The van der Waals surface area contributed by atoms with Crippen molar-refractivity contribution in [3.8, 4) is 0 Å². The van der Waals surface area contributed by atoms with Crippen molar-refractivity contribution in [3.05, 3.63) is 0 Å². The van der Waals surface area contributed by atoms with E-state index in [9.17, 15) is 9.59 Å². The van der Waals surface area contributed by atoms with Gasteiger partial charge >= 0.3 is 5.97 Å². The van der Waals surface area contributed by atoms with Gasteiger partial charge in [0, 0.05) is 13.0 Å². The first kappa shape index (κ1) is 28.9. The average Bonchev–Trinajstić information content (AvgIpc) is 3.23. The van der Waals surface area contributed by atoms with Crippen molar-refractivity contribution in [1.29, 1.82) is 0 Å². The van der Waals surface area contributed by atoms with E-state index in [1.165, 1.54) is 44.9 Å². The van der Waals surface area contributed by atoms with E-state index in [0.29, 0.717) is 41.5 Å². The molecule has 0 radical (unpaired) electrons. The van der Waals surface area contributed by atoms with Crippen LogP contribution in [0, 0.1) is 51.8 Å². The molecule has 0 saturated heterocycles. The molecule has 212 valence electrons. The second-order valence-corrected chi connectivity index (χ2v) is 14.5. The van der Waals surface area contributed by atoms with Gasteiger partial charge in [-0.3, -0.25) is 9.59 Å². The van der Waals surface area contributed by atoms with Gasteiger partial charge in [-0.25, -0.2) is 0 Å². The number of rotatable bonds is 9. The maximum atomic E-state index is 12.8. The second kappa shape index (κ2) is 11.2. The molecular weight excluding hydrogens is 462 g/mol. The summed E-state index contributed by atoms with van der Waals surface area (Å²) >= 11 is 0. The molecule has 7 unspecified atom stereocenters. The third-order valence-electron chi connectivity index (χ3n) is 12.3. The Hall–Kier alpha value is -1.10. The highest BCUT2D eigenvalue weighted by Crippen LogP contribution is 2.68. The number of ether oxygens (including phenoxy) is 1. The number of carbonyl (C=O) groups is 2. The normalized spacial score (nSPS) is 40.2. The van der Waals surface area contributed by atoms with Crippen LogP contribution >= 0.6 is 0 Å². The van der Waals surface area contributed by atoms with Gasteiger partial charge in [0.05, 0.1) is 12.0 Å². The van der Waals surface area contributed by atoms with Crippen LogP contribution in [0.1, 0.15) is 119 Å². The van der Waals surface area contributed by atoms with Crippen LogP contribution in [-0.4, -0.2) is 36.2 Å². The summed E-state index contributed by atoms with van der Waals surface area (Å²) in [4.78, 5) is 24.9. The van der Waals surface area contributed by atoms with E-state index in [4.69, 9.17) is 9.84 Å². The van der Waals surface area contributed by atoms with Gasteiger partial charge in [0.2, 0.25) is 5.91 Å². The highest BCUT2D eigenvalue weighted by atomic mass is 16.5. The number of carbonyl (C=O) groups excluding carboxylic acids is 2. The van der Waals surface area contributed by atoms with Crippen LogP contribution in [0.4, 0.5) is 0 Å². The lowest BCUT2D eigenvalue weighted by atomic mass is 9.44. The molecule has 37 heavy (non-hydrogen) atoms. The van der Waals surface area contributed by atoms with Crippen LogP contribution in [0.2, 0.25) is 0 Å². The Bertz CT molecular complexity index is 826. The van der Waals surface area contributed by atoms with Crippen molar-refractivity contribution in [2.45, 2.75) is 125 Å². The van der Waals surface area contributed by atoms with E-state index in [-0.39, 0.29) is 30.0 Å². The van der Waals surface area contributed by atoms with Gasteiger partial charge in [-0.2, -0.15) is 0 Å². The Morgan fingerprint density at radius 1 is 1.03 bits per heavy atom. The number of aliphatic hydroxyl groups excluding tert-OH is 1. The predicted octanol–water partition coefficient (Wildman–Crippen LogP) is 6.52. The van der Waals surface area contributed by atoms with Gasteiger partial charge < -0.3 is 15.2 Å². The molecule has 0 bridgehead atoms. The maximum Gasteiger partial charge on any atom is 0.311 e. The maximum absolute atomic E-state index is 12.8. The molecule has 0 aliphatic heterocycles. The molecule has 5 heteroatoms. The SMILES string of the molecule is CCC(C)(C)C(=O)OC1CC[C@@]2(C)C(CCC3C4CCC(C(C)CCC(=O)NCCO)[C@@]4(C)CCC32)C1. The Kier molecular flexibility index (Phi) is 8.73. The summed E-state index contributed by atoms with van der Waals surface area (Å²) in [6.45, 7) is 14.0. The first-order valence-corrected chi connectivity index (χ1v) is 15.5. The van der Waals surface area contributed by atoms with Crippen LogP contribution in [0.15, 0.2) is 0 Å². The molecule has 0 spiro atoms. The van der Waals surface area contributed by atoms with E-state index in [1.54, 1.807) is 0 Å². The number of esters is 1. The van der Waals surface area contributed by atoms with Gasteiger partial charge in [0.25, 0.3) is 0 Å². The summed E-state index contributed by atoms with van der Waals surface area (Å²) in [6, 6.07) is 0. The van der Waals surface area contributed by atoms with E-state index >= 15 is 0 Å². The third kappa shape index (κ3) is 5.50. The molecule has 5 nitrogen and oxygen atoms in total. The number of amides is 1. The highest BCUT2D eigenvalue weighted by Gasteiger charge is 2.60. The van der Waals surface area contributed by atoms with E-state index in [1.807, 2.05) is 13.8 Å². The quantitative estimate of drug-likeness (QED) is 0.342. The molecule has 0 aromatic rings. The minimum atomic E-state index is -0.383. The van der Waals surface area contributed by atoms with Crippen LogP contribution in [-0.2, 0) is 14.3 Å². The van der Waals surface area contributed by atoms with Crippen LogP contribution in [0.5, 0.6) is 0 Å². The van der Waals surface area contributed by atoms with E-state index in [2.05, 4.69) is 33.0 Å². The summed E-state index contributed by atoms with van der Waals surface area (Å²) in [5, 5.41) is 11.8. The Morgan fingerprint density at radius 2 is 1.73 bits per heavy atom. The fourth-order valence-corrected chi connectivity index (χ4v) is 9.60. The van der Waals surface area contributed by atoms with E-state index in [0.717, 1.165) is 43.4 Å². The topological polar surface area (TPSA) is 75.6 Å². The average molecular weight is 518 g/mol. The molecule has 0 aromatic carbocycles. The molecule has 2 N–H and O–H groups in total. The first-order valence-electron chi connectivity index (χ1n) is 15.5. The minimum Gasteiger partial charge on any atom is -0.462 e. The fraction of sp³-hybridized carbons (Fsp3) is 0.938. The van der Waals surface area contributed by atoms with Gasteiger partial charge in [0.1, 0.15) is 6.10 Å². The van der Waals surface area contributed by atoms with Gasteiger partial charge in [-0.05, 0) is 131 Å². The summed E-state index contributed by atoms with van der Waals surface area (Å²) < 4.78 is 6.08. The van der Waals surface area contributed by atoms with Crippen molar-refractivity contribution in [3.63, 3.8) is 0 Å². The second-order valence-electron chi connectivity index (χ2n) is 14.5. The molecule has 4 fully saturated rings. The van der Waals surface area contributed by atoms with Crippen molar-refractivity contribution < 1.29 is 19.4 Å². The zero-order chi connectivity index (χ0) is 27.0. The smallest absolute Gasteiger partial charge is 0.311 e. The van der Waals surface area contributed by atoms with Crippen molar-refractivity contribution >= 4 is 11.9 Å². The molecule has 1 amide bonds. The van der Waals surface area contributed by atoms with Crippen LogP contribution in [0.3, 0.4) is 0 Å². The zero-order valence-electron chi connectivity index (χ0n) is 24.6. The van der Waals surface area contributed by atoms with Gasteiger partial charge in [-0.1, -0.05) is 27.7 Å². The first-order chi connectivity index (χ1) is 17.5. The largest absolute Gasteiger partial charge is 0.462 e. The molecule has 9 atom stereocenters. The minimum absolute atomic E-state index is 0.00877. The Labute approximate surface area is 226 Å². The highest BCUT2D eigenvalue weighted by molar-refractivity contribution is 5.76. The molecule has 4 aliphatic carbocycles. The Balaban J connectivity index is 1.38. The van der Waals surface area contributed by atoms with Crippen LogP contribution in [0.25, 0.3) is 0 Å². The molecular formula is C32H55NO4. The number of fused-ring (bicyclic) bond motifs is 5. The van der Waals surface area contributed by atoms with Crippen molar-refractivity contribution in [2.75, 3.05) is 13.2 Å². The molecule has 4 rings (SSSR count). The number of nitrogens with one attached hydrogen (secondary N) is 1. The fourth-order valence-electron chi connectivity index (χ4n) is 9.60. The number of hydrogen-bond acceptors (Lipinski definition) is 4. The monoisotopic (exact) mass is 517 g/mol. The summed E-state index contributed by atoms with van der Waals surface area (Å²) in [7, 11) is 0. The molecule has 4 aliphatic rings. The summed E-state index contributed by atoms with van der Waals surface area (Å²) in [6.07, 6.45) is 13.7. The van der Waals surface area contributed by atoms with E-state index < -0.39 is 0 Å². The van der Waals surface area contributed by atoms with Gasteiger partial charge in [0.15, 0.2) is 0 Å². The molecule has 0 heterocycles. The predicted molar refractivity (Wildman–Crippen MR) is 148 cm³/mol.